The molecule has 2 aromatic heterocycles. The number of anilines is 3. The molecule has 0 amide bonds. The lowest BCUT2D eigenvalue weighted by Gasteiger charge is -2.14. The van der Waals surface area contributed by atoms with Crippen LogP contribution in [0.15, 0.2) is 24.3 Å². The second-order valence-electron chi connectivity index (χ2n) is 5.89. The van der Waals surface area contributed by atoms with Crippen molar-refractivity contribution in [2.24, 2.45) is 0 Å². The smallest absolute Gasteiger partial charge is 0.248 e. The maximum absolute atomic E-state index is 6.02. The van der Waals surface area contributed by atoms with Crippen molar-refractivity contribution >= 4 is 17.6 Å². The summed E-state index contributed by atoms with van der Waals surface area (Å²) in [6, 6.07) is 7.38. The molecule has 0 unspecified atom stereocenters. The number of aryl methyl sites for hydroxylation is 2. The molecule has 2 heterocycles. The monoisotopic (exact) mass is 370 g/mol. The first-order chi connectivity index (χ1) is 12.9. The number of hydrogen-bond acceptors (Lipinski definition) is 8. The van der Waals surface area contributed by atoms with E-state index in [0.717, 1.165) is 11.3 Å². The van der Waals surface area contributed by atoms with Crippen LogP contribution in [0.3, 0.4) is 0 Å². The fourth-order valence-electron chi connectivity index (χ4n) is 2.76. The summed E-state index contributed by atoms with van der Waals surface area (Å²) in [6.07, 6.45) is 0. The SMILES string of the molecule is COc1cc(Nc2nc(N)n(-c3cc(C)cc(C)n3)n2)cc(OC)c1OC. The molecule has 3 N–H and O–H groups in total. The predicted octanol–water partition coefficient (Wildman–Crippen LogP) is 2.63. The summed E-state index contributed by atoms with van der Waals surface area (Å²) in [6.45, 7) is 3.90. The fourth-order valence-corrected chi connectivity index (χ4v) is 2.76. The van der Waals surface area contributed by atoms with E-state index >= 15 is 0 Å². The summed E-state index contributed by atoms with van der Waals surface area (Å²) in [7, 11) is 4.66. The van der Waals surface area contributed by atoms with Gasteiger partial charge in [0.15, 0.2) is 17.3 Å². The van der Waals surface area contributed by atoms with Gasteiger partial charge in [0.2, 0.25) is 17.6 Å². The maximum Gasteiger partial charge on any atom is 0.248 e. The van der Waals surface area contributed by atoms with Crippen LogP contribution in [-0.2, 0) is 0 Å². The van der Waals surface area contributed by atoms with Crippen LogP contribution >= 0.6 is 0 Å². The molecular weight excluding hydrogens is 348 g/mol. The summed E-state index contributed by atoms with van der Waals surface area (Å²) in [5.74, 6) is 2.69. The highest BCUT2D eigenvalue weighted by atomic mass is 16.5. The largest absolute Gasteiger partial charge is 0.493 e. The van der Waals surface area contributed by atoms with Crippen LogP contribution in [0, 0.1) is 13.8 Å². The summed E-state index contributed by atoms with van der Waals surface area (Å²) < 4.78 is 17.5. The Morgan fingerprint density at radius 3 is 2.15 bits per heavy atom. The van der Waals surface area contributed by atoms with Gasteiger partial charge in [0, 0.05) is 23.5 Å². The van der Waals surface area contributed by atoms with E-state index in [4.69, 9.17) is 19.9 Å². The number of nitrogens with zero attached hydrogens (tertiary/aromatic N) is 4. The van der Waals surface area contributed by atoms with Crippen LogP contribution in [0.1, 0.15) is 11.3 Å². The van der Waals surface area contributed by atoms with Gasteiger partial charge in [0.05, 0.1) is 21.3 Å². The molecule has 0 aliphatic heterocycles. The normalized spacial score (nSPS) is 10.6. The lowest BCUT2D eigenvalue weighted by Crippen LogP contribution is -2.05. The number of ether oxygens (including phenoxy) is 3. The van der Waals surface area contributed by atoms with Gasteiger partial charge >= 0.3 is 0 Å². The second-order valence-corrected chi connectivity index (χ2v) is 5.89. The molecule has 3 aromatic rings. The molecular formula is C18H22N6O3. The Balaban J connectivity index is 1.95. The van der Waals surface area contributed by atoms with Gasteiger partial charge in [0.25, 0.3) is 0 Å². The highest BCUT2D eigenvalue weighted by molar-refractivity contribution is 5.66. The Kier molecular flexibility index (Phi) is 5.02. The Labute approximate surface area is 157 Å². The minimum absolute atomic E-state index is 0.224. The number of rotatable bonds is 6. The molecule has 0 aliphatic carbocycles. The predicted molar refractivity (Wildman–Crippen MR) is 102 cm³/mol. The van der Waals surface area contributed by atoms with Crippen molar-refractivity contribution in [2.75, 3.05) is 32.4 Å². The molecule has 27 heavy (non-hydrogen) atoms. The van der Waals surface area contributed by atoms with Gasteiger partial charge in [-0.1, -0.05) is 0 Å². The number of hydrogen-bond donors (Lipinski definition) is 2. The number of nitrogens with two attached hydrogens (primary N) is 1. The van der Waals surface area contributed by atoms with E-state index in [1.807, 2.05) is 26.0 Å². The third-order valence-corrected chi connectivity index (χ3v) is 3.85. The molecule has 0 radical (unpaired) electrons. The number of benzene rings is 1. The van der Waals surface area contributed by atoms with Gasteiger partial charge < -0.3 is 25.3 Å². The molecule has 0 fully saturated rings. The van der Waals surface area contributed by atoms with E-state index < -0.39 is 0 Å². The zero-order valence-electron chi connectivity index (χ0n) is 15.9. The second kappa shape index (κ2) is 7.40. The molecule has 9 nitrogen and oxygen atoms in total. The van der Waals surface area contributed by atoms with Crippen molar-refractivity contribution in [1.29, 1.82) is 0 Å². The summed E-state index contributed by atoms with van der Waals surface area (Å²) in [5, 5.41) is 7.50. The Bertz CT molecular complexity index is 924. The topological polar surface area (TPSA) is 109 Å². The first-order valence-electron chi connectivity index (χ1n) is 8.20. The van der Waals surface area contributed by atoms with Crippen LogP contribution in [0.25, 0.3) is 5.82 Å². The van der Waals surface area contributed by atoms with Crippen molar-refractivity contribution < 1.29 is 14.2 Å². The van der Waals surface area contributed by atoms with Gasteiger partial charge in [-0.25, -0.2) is 4.98 Å². The first kappa shape index (κ1) is 18.3. The van der Waals surface area contributed by atoms with Crippen LogP contribution in [-0.4, -0.2) is 41.1 Å². The van der Waals surface area contributed by atoms with Crippen molar-refractivity contribution in [2.45, 2.75) is 13.8 Å². The number of nitrogens with one attached hydrogen (secondary N) is 1. The highest BCUT2D eigenvalue weighted by Gasteiger charge is 2.16. The number of methoxy groups -OCH3 is 3. The first-order valence-corrected chi connectivity index (χ1v) is 8.20. The molecule has 0 aliphatic rings. The van der Waals surface area contributed by atoms with E-state index in [-0.39, 0.29) is 5.95 Å². The van der Waals surface area contributed by atoms with Gasteiger partial charge in [-0.2, -0.15) is 9.67 Å². The molecule has 0 bridgehead atoms. The molecule has 3 rings (SSSR count). The zero-order valence-corrected chi connectivity index (χ0v) is 15.9. The van der Waals surface area contributed by atoms with Crippen molar-refractivity contribution in [1.82, 2.24) is 19.7 Å². The maximum atomic E-state index is 6.02. The Hall–Kier alpha value is -3.49. The van der Waals surface area contributed by atoms with Gasteiger partial charge in [-0.15, -0.1) is 5.10 Å². The molecule has 0 atom stereocenters. The quantitative estimate of drug-likeness (QED) is 0.681. The van der Waals surface area contributed by atoms with Gasteiger partial charge in [-0.3, -0.25) is 0 Å². The molecule has 9 heteroatoms. The zero-order chi connectivity index (χ0) is 19.6. The van der Waals surface area contributed by atoms with Crippen LogP contribution in [0.5, 0.6) is 17.2 Å². The highest BCUT2D eigenvalue weighted by Crippen LogP contribution is 2.40. The molecule has 142 valence electrons. The van der Waals surface area contributed by atoms with Crippen molar-refractivity contribution in [3.05, 3.63) is 35.5 Å². The van der Waals surface area contributed by atoms with E-state index in [1.54, 1.807) is 33.5 Å². The lowest BCUT2D eigenvalue weighted by molar-refractivity contribution is 0.324. The molecule has 0 spiro atoms. The van der Waals surface area contributed by atoms with E-state index in [1.165, 1.54) is 4.68 Å². The van der Waals surface area contributed by atoms with E-state index in [2.05, 4.69) is 20.4 Å². The van der Waals surface area contributed by atoms with Crippen molar-refractivity contribution in [3.8, 4) is 23.1 Å². The minimum Gasteiger partial charge on any atom is -0.493 e. The van der Waals surface area contributed by atoms with E-state index in [0.29, 0.717) is 34.7 Å². The summed E-state index contributed by atoms with van der Waals surface area (Å²) in [5.41, 5.74) is 8.62. The van der Waals surface area contributed by atoms with Crippen LogP contribution < -0.4 is 25.3 Å². The molecule has 0 saturated carbocycles. The summed E-state index contributed by atoms with van der Waals surface area (Å²) in [4.78, 5) is 8.72. The molecule has 1 aromatic carbocycles. The lowest BCUT2D eigenvalue weighted by atomic mass is 10.2. The molecule has 0 saturated heterocycles. The Morgan fingerprint density at radius 1 is 0.926 bits per heavy atom. The third-order valence-electron chi connectivity index (χ3n) is 3.85. The average Bonchev–Trinajstić information content (AvgIpc) is 3.00. The fraction of sp³-hybridized carbons (Fsp3) is 0.278. The van der Waals surface area contributed by atoms with Crippen LogP contribution in [0.4, 0.5) is 17.6 Å². The number of nitrogen functional groups attached to an aromatic ring is 1. The number of pyridine rings is 1. The third kappa shape index (κ3) is 3.71. The standard InChI is InChI=1S/C18H22N6O3/c1-10-6-11(2)20-15(7-10)24-17(19)22-18(23-24)21-12-8-13(25-3)16(27-5)14(9-12)26-4/h6-9H,1-5H3,(H3,19,21,22,23). The minimum atomic E-state index is 0.224. The van der Waals surface area contributed by atoms with Gasteiger partial charge in [-0.05, 0) is 31.5 Å². The van der Waals surface area contributed by atoms with Crippen molar-refractivity contribution in [3.63, 3.8) is 0 Å². The average molecular weight is 370 g/mol. The van der Waals surface area contributed by atoms with Gasteiger partial charge in [0.1, 0.15) is 0 Å². The van der Waals surface area contributed by atoms with E-state index in [9.17, 15) is 0 Å². The number of aromatic nitrogens is 4. The van der Waals surface area contributed by atoms with Crippen LogP contribution in [0.2, 0.25) is 0 Å². The Morgan fingerprint density at radius 2 is 1.59 bits per heavy atom. The summed E-state index contributed by atoms with van der Waals surface area (Å²) >= 11 is 0.